The number of nitrogens with one attached hydrogen (secondary N) is 1. The zero-order valence-electron chi connectivity index (χ0n) is 10.7. The minimum Gasteiger partial charge on any atom is -0.428 e. The number of imidazole rings is 1. The van der Waals surface area contributed by atoms with Crippen molar-refractivity contribution in [1.29, 1.82) is 0 Å². The number of hydrogen-bond acceptors (Lipinski definition) is 2. The maximum absolute atomic E-state index is 5.99. The number of halogens is 6. The highest BCUT2D eigenvalue weighted by atomic mass is 127. The van der Waals surface area contributed by atoms with Crippen molar-refractivity contribution in [2.24, 2.45) is 0 Å². The second-order valence-corrected chi connectivity index (χ2v) is 5.23. The highest BCUT2D eigenvalue weighted by Crippen LogP contribution is 2.29. The summed E-state index contributed by atoms with van der Waals surface area (Å²) in [7, 11) is 0. The van der Waals surface area contributed by atoms with E-state index in [2.05, 4.69) is 9.97 Å². The van der Waals surface area contributed by atoms with Crippen LogP contribution in [0.2, 0.25) is 10.0 Å². The van der Waals surface area contributed by atoms with Gasteiger partial charge in [-0.2, -0.15) is 0 Å². The quantitative estimate of drug-likeness (QED) is 0.281. The number of fused-ring (bicyclic) bond motifs is 1. The number of rotatable bonds is 2. The molecule has 1 N–H and O–H groups in total. The van der Waals surface area contributed by atoms with Crippen LogP contribution in [0.5, 0.6) is 5.75 Å². The molecule has 1 heterocycles. The van der Waals surface area contributed by atoms with Crippen LogP contribution >= 0.6 is 118 Å². The number of H-pyrrole nitrogens is 1. The summed E-state index contributed by atoms with van der Waals surface area (Å²) < 4.78 is 5.10. The second-order valence-electron chi connectivity index (χ2n) is 3.97. The van der Waals surface area contributed by atoms with Gasteiger partial charge in [-0.3, -0.25) is 0 Å². The number of aromatic nitrogens is 2. The molecule has 22 heavy (non-hydrogen) atoms. The summed E-state index contributed by atoms with van der Waals surface area (Å²) in [6, 6.07) is 11.2. The van der Waals surface area contributed by atoms with Gasteiger partial charge < -0.3 is 8.05 Å². The van der Waals surface area contributed by atoms with Crippen LogP contribution in [-0.4, -0.2) is 9.97 Å². The topological polar surface area (TPSA) is 37.9 Å². The van der Waals surface area contributed by atoms with Crippen LogP contribution in [-0.2, 0) is 0 Å². The van der Waals surface area contributed by atoms with E-state index in [1.54, 1.807) is 12.1 Å². The van der Waals surface area contributed by atoms with E-state index >= 15 is 0 Å². The summed E-state index contributed by atoms with van der Waals surface area (Å²) in [5, 5.41) is 1.01. The van der Waals surface area contributed by atoms with Crippen molar-refractivity contribution in [2.45, 2.75) is 0 Å². The molecule has 2 aromatic carbocycles. The van der Waals surface area contributed by atoms with Crippen LogP contribution in [0, 0.1) is 0 Å². The van der Waals surface area contributed by atoms with E-state index in [9.17, 15) is 0 Å². The van der Waals surface area contributed by atoms with Crippen molar-refractivity contribution >= 4 is 129 Å². The zero-order chi connectivity index (χ0) is 13.4. The number of benzene rings is 2. The summed E-state index contributed by atoms with van der Waals surface area (Å²) in [4.78, 5) is 7.72. The van der Waals surface area contributed by atoms with Gasteiger partial charge in [-0.1, -0.05) is 23.2 Å². The van der Waals surface area contributed by atoms with Gasteiger partial charge in [0.25, 0.3) is 0 Å². The first-order chi connectivity index (χ1) is 9.17. The molecule has 0 radical (unpaired) electrons. The van der Waals surface area contributed by atoms with E-state index in [1.165, 1.54) is 0 Å². The van der Waals surface area contributed by atoms with Crippen molar-refractivity contribution in [2.75, 3.05) is 0 Å². The normalized spacial score (nSPS) is 9.41. The Bertz CT molecular complexity index is 711. The minimum absolute atomic E-state index is 0. The monoisotopic (exact) mass is 788 g/mol. The molecule has 9 heteroatoms. The van der Waals surface area contributed by atoms with Gasteiger partial charge in [0.1, 0.15) is 11.6 Å². The maximum Gasteiger partial charge on any atom is 0.192 e. The van der Waals surface area contributed by atoms with Crippen molar-refractivity contribution in [3.05, 3.63) is 46.4 Å². The van der Waals surface area contributed by atoms with Crippen LogP contribution in [0.3, 0.4) is 0 Å². The Morgan fingerprint density at radius 3 is 2.14 bits per heavy atom. The molecule has 120 valence electrons. The fourth-order valence-corrected chi connectivity index (χ4v) is 2.42. The predicted octanol–water partition coefficient (Wildman–Crippen LogP) is 7.12. The molecule has 0 aliphatic heterocycles. The number of hydrogen-bond donors (Lipinski definition) is 1. The van der Waals surface area contributed by atoms with Gasteiger partial charge in [0.2, 0.25) is 0 Å². The molecule has 0 unspecified atom stereocenters. The van der Waals surface area contributed by atoms with Crippen LogP contribution < -0.4 is 3.07 Å². The van der Waals surface area contributed by atoms with Gasteiger partial charge in [0, 0.05) is 5.56 Å². The highest BCUT2D eigenvalue weighted by Gasteiger charge is 2.08. The summed E-state index contributed by atoms with van der Waals surface area (Å²) in [6.07, 6.45) is 0. The van der Waals surface area contributed by atoms with Crippen LogP contribution in [0.4, 0.5) is 0 Å². The molecule has 0 amide bonds. The molecule has 1 aromatic heterocycles. The molecular formula is C13H10Cl2I4N2O. The molecule has 0 atom stereocenters. The molecule has 3 rings (SSSR count). The molecule has 0 saturated heterocycles. The molecule has 3 nitrogen and oxygen atoms in total. The highest BCUT2D eigenvalue weighted by molar-refractivity contribution is 14.1. The van der Waals surface area contributed by atoms with Gasteiger partial charge in [0.05, 0.1) is 21.1 Å². The average molecular weight is 789 g/mol. The van der Waals surface area contributed by atoms with E-state index in [0.717, 1.165) is 28.2 Å². The van der Waals surface area contributed by atoms with Crippen LogP contribution in [0.15, 0.2) is 36.4 Å². The van der Waals surface area contributed by atoms with Crippen LogP contribution in [0.25, 0.3) is 22.4 Å². The van der Waals surface area contributed by atoms with Gasteiger partial charge in [0.15, 0.2) is 23.0 Å². The lowest BCUT2D eigenvalue weighted by Crippen LogP contribution is -1.80. The average Bonchev–Trinajstić information content (AvgIpc) is 2.82. The summed E-state index contributed by atoms with van der Waals surface area (Å²) in [6.45, 7) is 0. The Kier molecular flexibility index (Phi) is 10.8. The Labute approximate surface area is 203 Å². The van der Waals surface area contributed by atoms with E-state index in [4.69, 9.17) is 26.3 Å². The third kappa shape index (κ3) is 5.10. The molecule has 3 aromatic rings. The third-order valence-corrected chi connectivity index (χ3v) is 3.97. The summed E-state index contributed by atoms with van der Waals surface area (Å²) >= 11 is 13.8. The predicted molar refractivity (Wildman–Crippen MR) is 132 cm³/mol. The minimum atomic E-state index is 0. The first-order valence-electron chi connectivity index (χ1n) is 5.41. The van der Waals surface area contributed by atoms with Crippen molar-refractivity contribution < 1.29 is 3.07 Å². The Morgan fingerprint density at radius 1 is 0.955 bits per heavy atom. The summed E-state index contributed by atoms with van der Waals surface area (Å²) in [5.41, 5.74) is 2.62. The number of nitrogens with zero attached hydrogens (tertiary/aromatic N) is 1. The lowest BCUT2D eigenvalue weighted by atomic mass is 10.2. The first kappa shape index (κ1) is 23.2. The largest absolute Gasteiger partial charge is 0.428 e. The van der Waals surface area contributed by atoms with Crippen LogP contribution in [0.1, 0.15) is 0 Å². The Hall–Kier alpha value is 1.21. The van der Waals surface area contributed by atoms with E-state index in [1.807, 2.05) is 47.3 Å². The third-order valence-electron chi connectivity index (χ3n) is 2.74. The van der Waals surface area contributed by atoms with E-state index in [0.29, 0.717) is 10.0 Å². The molecule has 0 fully saturated rings. The fraction of sp³-hybridized carbons (Fsp3) is 0. The lowest BCUT2D eigenvalue weighted by molar-refractivity contribution is 0.717. The molecule has 0 aliphatic rings. The molecule has 0 spiro atoms. The van der Waals surface area contributed by atoms with Crippen molar-refractivity contribution in [3.63, 3.8) is 0 Å². The first-order valence-corrected chi connectivity index (χ1v) is 7.05. The van der Waals surface area contributed by atoms with Crippen molar-refractivity contribution in [1.82, 2.24) is 9.97 Å². The second kappa shape index (κ2) is 10.3. The van der Waals surface area contributed by atoms with Gasteiger partial charge in [-0.15, -0.1) is 71.9 Å². The lowest BCUT2D eigenvalue weighted by Gasteiger charge is -1.98. The van der Waals surface area contributed by atoms with Crippen molar-refractivity contribution in [3.8, 4) is 17.1 Å². The van der Waals surface area contributed by atoms with E-state index < -0.39 is 0 Å². The molecule has 0 aliphatic carbocycles. The molecule has 0 saturated carbocycles. The molecule has 0 bridgehead atoms. The van der Waals surface area contributed by atoms with Gasteiger partial charge in [-0.25, -0.2) is 4.98 Å². The maximum atomic E-state index is 5.99. The Morgan fingerprint density at radius 2 is 1.55 bits per heavy atom. The fourth-order valence-electron chi connectivity index (χ4n) is 1.81. The smallest absolute Gasteiger partial charge is 0.192 e. The Balaban J connectivity index is 0.00000147. The molecular weight excluding hydrogens is 779 g/mol. The number of aromatic amines is 1. The van der Waals surface area contributed by atoms with Gasteiger partial charge >= 0.3 is 0 Å². The zero-order valence-corrected chi connectivity index (χ0v) is 21.3. The van der Waals surface area contributed by atoms with Gasteiger partial charge in [-0.05, 0) is 36.4 Å². The standard InChI is InChI=1S/C13H7Cl2IN2O.3HI/c14-9-5-11-12(6-10(9)15)18-13(17-11)7-1-3-8(19-16)4-2-7;;;/h1-6H,(H,17,18);3*1H. The summed E-state index contributed by atoms with van der Waals surface area (Å²) in [5.74, 6) is 1.57. The SMILES string of the molecule is Clc1cc2nc(-c3ccc(OI)cc3)[nH]c2cc1Cl.I.I.I. The van der Waals surface area contributed by atoms with E-state index in [-0.39, 0.29) is 71.9 Å².